The van der Waals surface area contributed by atoms with Crippen molar-refractivity contribution < 1.29 is 4.42 Å². The first-order chi connectivity index (χ1) is 31.2. The zero-order valence-electron chi connectivity index (χ0n) is 34.1. The van der Waals surface area contributed by atoms with Crippen molar-refractivity contribution in [2.75, 3.05) is 4.90 Å². The lowest BCUT2D eigenvalue weighted by Gasteiger charge is -2.28. The summed E-state index contributed by atoms with van der Waals surface area (Å²) in [5, 5.41) is 12.3. The van der Waals surface area contributed by atoms with Gasteiger partial charge < -0.3 is 9.32 Å². The number of furan rings is 1. The summed E-state index contributed by atoms with van der Waals surface area (Å²) in [6, 6.07) is 81.7. The van der Waals surface area contributed by atoms with Crippen LogP contribution in [0.2, 0.25) is 0 Å². The van der Waals surface area contributed by atoms with Crippen LogP contribution in [0, 0.1) is 0 Å². The van der Waals surface area contributed by atoms with Crippen molar-refractivity contribution in [3.8, 4) is 33.4 Å². The molecule has 0 fully saturated rings. The van der Waals surface area contributed by atoms with Crippen molar-refractivity contribution in [1.82, 2.24) is 0 Å². The highest BCUT2D eigenvalue weighted by atomic mass is 32.1. The van der Waals surface area contributed by atoms with Crippen molar-refractivity contribution in [1.29, 1.82) is 0 Å². The number of para-hydroxylation sites is 2. The van der Waals surface area contributed by atoms with Crippen molar-refractivity contribution in [2.24, 2.45) is 0 Å². The van der Waals surface area contributed by atoms with Gasteiger partial charge in [0, 0.05) is 53.4 Å². The molecule has 0 amide bonds. The molecule has 0 saturated carbocycles. The summed E-state index contributed by atoms with van der Waals surface area (Å²) in [7, 11) is 0. The molecule has 0 atom stereocenters. The van der Waals surface area contributed by atoms with Crippen molar-refractivity contribution >= 4 is 103 Å². The van der Waals surface area contributed by atoms with E-state index in [1.807, 2.05) is 11.3 Å². The van der Waals surface area contributed by atoms with Crippen LogP contribution in [0.15, 0.2) is 229 Å². The van der Waals surface area contributed by atoms with Crippen LogP contribution in [0.3, 0.4) is 0 Å². The monoisotopic (exact) mass is 819 g/mol. The van der Waals surface area contributed by atoms with Crippen LogP contribution in [-0.2, 0) is 0 Å². The maximum Gasteiger partial charge on any atom is 0.143 e. The third-order valence-corrected chi connectivity index (χ3v) is 14.1. The Morgan fingerprint density at radius 2 is 0.889 bits per heavy atom. The van der Waals surface area contributed by atoms with Gasteiger partial charge in [-0.2, -0.15) is 0 Å². The molecule has 294 valence electrons. The quantitative estimate of drug-likeness (QED) is 0.155. The van der Waals surface area contributed by atoms with Crippen molar-refractivity contribution in [3.63, 3.8) is 0 Å². The van der Waals surface area contributed by atoms with Gasteiger partial charge in [0.15, 0.2) is 0 Å². The first-order valence-corrected chi connectivity index (χ1v) is 22.3. The number of rotatable bonds is 6. The number of hydrogen-bond donors (Lipinski definition) is 0. The minimum Gasteiger partial charge on any atom is -0.455 e. The van der Waals surface area contributed by atoms with E-state index >= 15 is 0 Å². The van der Waals surface area contributed by atoms with E-state index in [0.29, 0.717) is 0 Å². The van der Waals surface area contributed by atoms with E-state index < -0.39 is 0 Å². The number of benzene rings is 11. The van der Waals surface area contributed by atoms with Crippen LogP contribution in [0.1, 0.15) is 0 Å². The van der Waals surface area contributed by atoms with Gasteiger partial charge in [0.1, 0.15) is 11.2 Å². The minimum atomic E-state index is 0.889. The molecule has 0 radical (unpaired) electrons. The normalized spacial score (nSPS) is 11.8. The Bertz CT molecular complexity index is 3910. The molecule has 0 aliphatic heterocycles. The van der Waals surface area contributed by atoms with E-state index in [4.69, 9.17) is 4.42 Å². The Labute approximate surface area is 368 Å². The summed E-state index contributed by atoms with van der Waals surface area (Å²) >= 11 is 1.87. The minimum absolute atomic E-state index is 0.889. The predicted octanol–water partition coefficient (Wildman–Crippen LogP) is 17.9. The zero-order valence-corrected chi connectivity index (χ0v) is 34.9. The van der Waals surface area contributed by atoms with Gasteiger partial charge in [0.05, 0.1) is 5.69 Å². The number of thiophene rings is 1. The highest BCUT2D eigenvalue weighted by Crippen LogP contribution is 2.47. The summed E-state index contributed by atoms with van der Waals surface area (Å²) in [4.78, 5) is 2.40. The van der Waals surface area contributed by atoms with Crippen molar-refractivity contribution in [2.45, 2.75) is 0 Å². The Morgan fingerprint density at radius 1 is 0.333 bits per heavy atom. The number of anilines is 3. The molecule has 0 aliphatic carbocycles. The fourth-order valence-electron chi connectivity index (χ4n) is 9.87. The van der Waals surface area contributed by atoms with Gasteiger partial charge in [-0.3, -0.25) is 0 Å². The molecule has 0 saturated heterocycles. The second-order valence-electron chi connectivity index (χ2n) is 16.4. The molecule has 13 aromatic rings. The van der Waals surface area contributed by atoms with E-state index in [-0.39, 0.29) is 0 Å². The third-order valence-electron chi connectivity index (χ3n) is 12.8. The summed E-state index contributed by atoms with van der Waals surface area (Å²) in [5.41, 5.74) is 12.0. The first kappa shape index (κ1) is 35.7. The average Bonchev–Trinajstić information content (AvgIpc) is 3.92. The second-order valence-corrected chi connectivity index (χ2v) is 17.4. The first-order valence-electron chi connectivity index (χ1n) is 21.5. The van der Waals surface area contributed by atoms with Gasteiger partial charge in [-0.25, -0.2) is 0 Å². The van der Waals surface area contributed by atoms with Gasteiger partial charge in [-0.15, -0.1) is 11.3 Å². The molecule has 13 rings (SSSR count). The Kier molecular flexibility index (Phi) is 8.12. The topological polar surface area (TPSA) is 16.4 Å². The lowest BCUT2D eigenvalue weighted by Crippen LogP contribution is -2.11. The molecular weight excluding hydrogens is 783 g/mol. The van der Waals surface area contributed by atoms with Gasteiger partial charge in [-0.05, 0) is 109 Å². The standard InChI is InChI=1S/C60H37NOS/c1-2-14-41-37-57-55(35-40(41)13-1)52-23-12-22-51(59(52)62-57)49-19-7-9-25-56(49)61(43-31-27-38(28-32-43)46-21-11-24-53-50-20-8-10-26-58(50)63-60(46)53)44-33-29-39(30-34-44)54-36-42-15-3-4-16-45(42)47-17-5-6-18-48(47)54/h1-37H. The van der Waals surface area contributed by atoms with Gasteiger partial charge in [0.2, 0.25) is 0 Å². The molecule has 11 aromatic carbocycles. The SMILES string of the molecule is c1ccc(N(c2ccc(-c3cc4ccccc4c4ccccc34)cc2)c2ccc(-c3cccc4c3sc3ccccc34)cc2)c(-c2cccc3c2oc2cc4ccccc4cc23)c1. The molecule has 2 aromatic heterocycles. The molecule has 0 bridgehead atoms. The highest BCUT2D eigenvalue weighted by molar-refractivity contribution is 7.26. The lowest BCUT2D eigenvalue weighted by atomic mass is 9.93. The molecular formula is C60H37NOS. The molecule has 0 N–H and O–H groups in total. The number of hydrogen-bond acceptors (Lipinski definition) is 3. The molecule has 0 spiro atoms. The average molecular weight is 820 g/mol. The van der Waals surface area contributed by atoms with Crippen LogP contribution in [-0.4, -0.2) is 0 Å². The van der Waals surface area contributed by atoms with Crippen LogP contribution in [0.4, 0.5) is 17.1 Å². The Hall–Kier alpha value is -7.98. The van der Waals surface area contributed by atoms with Gasteiger partial charge >= 0.3 is 0 Å². The number of nitrogens with zero attached hydrogens (tertiary/aromatic N) is 1. The van der Waals surface area contributed by atoms with E-state index in [2.05, 4.69) is 229 Å². The third kappa shape index (κ3) is 5.78. The molecule has 3 heteroatoms. The smallest absolute Gasteiger partial charge is 0.143 e. The summed E-state index contributed by atoms with van der Waals surface area (Å²) < 4.78 is 9.46. The number of fused-ring (bicyclic) bond motifs is 10. The van der Waals surface area contributed by atoms with Crippen molar-refractivity contribution in [3.05, 3.63) is 224 Å². The van der Waals surface area contributed by atoms with E-state index in [1.54, 1.807) is 0 Å². The van der Waals surface area contributed by atoms with Gasteiger partial charge in [-0.1, -0.05) is 170 Å². The van der Waals surface area contributed by atoms with E-state index in [9.17, 15) is 0 Å². The highest BCUT2D eigenvalue weighted by Gasteiger charge is 2.21. The fraction of sp³-hybridized carbons (Fsp3) is 0. The van der Waals surface area contributed by atoms with Crippen LogP contribution >= 0.6 is 11.3 Å². The van der Waals surface area contributed by atoms with Gasteiger partial charge in [0.25, 0.3) is 0 Å². The second kappa shape index (κ2) is 14.3. The molecule has 0 unspecified atom stereocenters. The predicted molar refractivity (Wildman–Crippen MR) is 270 cm³/mol. The summed E-state index contributed by atoms with van der Waals surface area (Å²) in [5.74, 6) is 0. The summed E-state index contributed by atoms with van der Waals surface area (Å²) in [6.45, 7) is 0. The summed E-state index contributed by atoms with van der Waals surface area (Å²) in [6.07, 6.45) is 0. The maximum atomic E-state index is 6.83. The molecule has 63 heavy (non-hydrogen) atoms. The largest absolute Gasteiger partial charge is 0.455 e. The van der Waals surface area contributed by atoms with Crippen LogP contribution in [0.25, 0.3) is 108 Å². The zero-order chi connectivity index (χ0) is 41.4. The molecule has 0 aliphatic rings. The molecule has 2 nitrogen and oxygen atoms in total. The van der Waals surface area contributed by atoms with Crippen LogP contribution < -0.4 is 4.90 Å². The Morgan fingerprint density at radius 3 is 1.67 bits per heavy atom. The van der Waals surface area contributed by atoms with E-state index in [0.717, 1.165) is 50.1 Å². The maximum absolute atomic E-state index is 6.83. The van der Waals surface area contributed by atoms with E-state index in [1.165, 1.54) is 74.7 Å². The fourth-order valence-corrected chi connectivity index (χ4v) is 11.1. The van der Waals surface area contributed by atoms with Crippen LogP contribution in [0.5, 0.6) is 0 Å². The Balaban J connectivity index is 0.983. The molecule has 2 heterocycles. The lowest BCUT2D eigenvalue weighted by molar-refractivity contribution is 0.670.